The number of hydrogen-bond donors (Lipinski definition) is 3. The fourth-order valence-electron chi connectivity index (χ4n) is 4.52. The first-order chi connectivity index (χ1) is 17.2. The van der Waals surface area contributed by atoms with Crippen molar-refractivity contribution in [1.29, 1.82) is 0 Å². The Morgan fingerprint density at radius 2 is 1.72 bits per heavy atom. The van der Waals surface area contributed by atoms with E-state index in [1.54, 1.807) is 24.3 Å². The maximum Gasteiger partial charge on any atom is 0.251 e. The monoisotopic (exact) mass is 513 g/mol. The first-order valence-electron chi connectivity index (χ1n) is 11.9. The van der Waals surface area contributed by atoms with E-state index in [1.165, 1.54) is 25.3 Å². The van der Waals surface area contributed by atoms with Gasteiger partial charge in [-0.3, -0.25) is 14.5 Å². The van der Waals surface area contributed by atoms with Gasteiger partial charge in [0.15, 0.2) is 5.13 Å². The zero-order valence-electron chi connectivity index (χ0n) is 20.2. The topological polar surface area (TPSA) is 100 Å². The van der Waals surface area contributed by atoms with Crippen molar-refractivity contribution < 1.29 is 18.4 Å². The van der Waals surface area contributed by atoms with Crippen LogP contribution in [0.2, 0.25) is 0 Å². The summed E-state index contributed by atoms with van der Waals surface area (Å²) in [6.45, 7) is 5.86. The molecule has 0 bridgehead atoms. The number of benzene rings is 2. The molecule has 1 aliphatic rings. The van der Waals surface area contributed by atoms with Gasteiger partial charge in [0.2, 0.25) is 5.78 Å². The fraction of sp³-hybridized carbons (Fsp3) is 0.346. The Kier molecular flexibility index (Phi) is 7.95. The number of hydrogen-bond acceptors (Lipinski definition) is 7. The molecule has 1 amide bonds. The van der Waals surface area contributed by atoms with Crippen molar-refractivity contribution in [3.8, 4) is 0 Å². The lowest BCUT2D eigenvalue weighted by Crippen LogP contribution is -2.47. The lowest BCUT2D eigenvalue weighted by molar-refractivity contribution is 0.0889. The summed E-state index contributed by atoms with van der Waals surface area (Å²) in [6, 6.07) is 11.0. The number of anilines is 3. The molecule has 2 atom stereocenters. The highest BCUT2D eigenvalue weighted by Gasteiger charge is 2.25. The minimum Gasteiger partial charge on any atom is -0.382 e. The van der Waals surface area contributed by atoms with Crippen LogP contribution >= 0.6 is 11.3 Å². The summed E-state index contributed by atoms with van der Waals surface area (Å²) in [5.74, 6) is -3.07. The molecule has 36 heavy (non-hydrogen) atoms. The number of carbonyl (C=O) groups is 2. The molecule has 4 N–H and O–H groups in total. The van der Waals surface area contributed by atoms with E-state index < -0.39 is 23.0 Å². The number of nitrogens with zero attached hydrogens (tertiary/aromatic N) is 2. The van der Waals surface area contributed by atoms with E-state index in [4.69, 9.17) is 5.73 Å². The minimum absolute atomic E-state index is 0.0603. The molecule has 7 nitrogen and oxygen atoms in total. The SMILES string of the molecule is CC1CCCC(C)N1CCNC(=O)c1ccc(Nc2nc(N)c(C(=O)c3c(F)cccc3F)s2)cc1. The van der Waals surface area contributed by atoms with E-state index >= 15 is 0 Å². The second-order valence-electron chi connectivity index (χ2n) is 8.98. The van der Waals surface area contributed by atoms with Gasteiger partial charge in [0.05, 0.1) is 5.56 Å². The lowest BCUT2D eigenvalue weighted by atomic mass is 9.98. The molecule has 0 radical (unpaired) electrons. The Labute approximate surface area is 212 Å². The average molecular weight is 514 g/mol. The second kappa shape index (κ2) is 11.1. The Bertz CT molecular complexity index is 1220. The van der Waals surface area contributed by atoms with Crippen LogP contribution in [0.1, 0.15) is 58.7 Å². The van der Waals surface area contributed by atoms with Crippen LogP contribution in [0, 0.1) is 11.6 Å². The molecule has 10 heteroatoms. The third kappa shape index (κ3) is 5.71. The number of ketones is 1. The zero-order valence-corrected chi connectivity index (χ0v) is 21.0. The summed E-state index contributed by atoms with van der Waals surface area (Å²) in [4.78, 5) is 31.7. The Morgan fingerprint density at radius 3 is 2.36 bits per heavy atom. The first-order valence-corrected chi connectivity index (χ1v) is 12.7. The number of rotatable bonds is 8. The van der Waals surface area contributed by atoms with Crippen LogP contribution in [0.3, 0.4) is 0 Å². The number of nitrogens with one attached hydrogen (secondary N) is 2. The highest BCUT2D eigenvalue weighted by molar-refractivity contribution is 7.18. The van der Waals surface area contributed by atoms with Gasteiger partial charge in [-0.1, -0.05) is 23.8 Å². The van der Waals surface area contributed by atoms with E-state index in [1.807, 2.05) is 0 Å². The smallest absolute Gasteiger partial charge is 0.251 e. The number of nitrogens with two attached hydrogens (primary N) is 1. The molecule has 3 aromatic rings. The predicted octanol–water partition coefficient (Wildman–Crippen LogP) is 4.97. The first kappa shape index (κ1) is 25.7. The van der Waals surface area contributed by atoms with Crippen LogP contribution in [0.15, 0.2) is 42.5 Å². The maximum atomic E-state index is 14.0. The quantitative estimate of drug-likeness (QED) is 0.368. The molecule has 1 aromatic heterocycles. The van der Waals surface area contributed by atoms with Gasteiger partial charge in [0.1, 0.15) is 22.3 Å². The number of thiazole rings is 1. The van der Waals surface area contributed by atoms with Crippen LogP contribution in [0.25, 0.3) is 0 Å². The third-order valence-corrected chi connectivity index (χ3v) is 7.46. The zero-order chi connectivity index (χ0) is 25.8. The number of amides is 1. The number of likely N-dealkylation sites (tertiary alicyclic amines) is 1. The number of halogens is 2. The van der Waals surface area contributed by atoms with Gasteiger partial charge in [-0.2, -0.15) is 0 Å². The van der Waals surface area contributed by atoms with E-state index in [0.29, 0.717) is 29.9 Å². The average Bonchev–Trinajstić information content (AvgIpc) is 3.21. The van der Waals surface area contributed by atoms with Crippen molar-refractivity contribution in [2.45, 2.75) is 45.2 Å². The van der Waals surface area contributed by atoms with Crippen molar-refractivity contribution >= 4 is 39.7 Å². The number of nitrogen functional groups attached to an aromatic ring is 1. The van der Waals surface area contributed by atoms with Crippen LogP contribution in [0.4, 0.5) is 25.4 Å². The highest BCUT2D eigenvalue weighted by atomic mass is 32.1. The summed E-state index contributed by atoms with van der Waals surface area (Å²) in [7, 11) is 0. The molecule has 2 unspecified atom stereocenters. The summed E-state index contributed by atoms with van der Waals surface area (Å²) >= 11 is 0.896. The van der Waals surface area contributed by atoms with E-state index in [-0.39, 0.29) is 21.7 Å². The Balaban J connectivity index is 1.35. The third-order valence-electron chi connectivity index (χ3n) is 6.48. The molecule has 0 saturated carbocycles. The van der Waals surface area contributed by atoms with Gasteiger partial charge >= 0.3 is 0 Å². The van der Waals surface area contributed by atoms with Gasteiger partial charge in [-0.25, -0.2) is 13.8 Å². The molecular formula is C26H29F2N5O2S. The Hall–Kier alpha value is -3.37. The van der Waals surface area contributed by atoms with E-state index in [2.05, 4.69) is 34.4 Å². The molecule has 2 heterocycles. The van der Waals surface area contributed by atoms with Crippen molar-refractivity contribution in [1.82, 2.24) is 15.2 Å². The van der Waals surface area contributed by atoms with Gasteiger partial charge < -0.3 is 16.4 Å². The summed E-state index contributed by atoms with van der Waals surface area (Å²) < 4.78 is 28.0. The van der Waals surface area contributed by atoms with Crippen LogP contribution < -0.4 is 16.4 Å². The van der Waals surface area contributed by atoms with Crippen molar-refractivity contribution in [2.75, 3.05) is 24.1 Å². The lowest BCUT2D eigenvalue weighted by Gasteiger charge is -2.39. The molecule has 4 rings (SSSR count). The van der Waals surface area contributed by atoms with E-state index in [9.17, 15) is 18.4 Å². The molecule has 190 valence electrons. The second-order valence-corrected chi connectivity index (χ2v) is 9.98. The molecule has 0 aliphatic carbocycles. The largest absolute Gasteiger partial charge is 0.382 e. The Morgan fingerprint density at radius 1 is 1.08 bits per heavy atom. The van der Waals surface area contributed by atoms with Crippen molar-refractivity contribution in [3.05, 3.63) is 70.1 Å². The summed E-state index contributed by atoms with van der Waals surface area (Å²) in [6.07, 6.45) is 3.63. The predicted molar refractivity (Wildman–Crippen MR) is 138 cm³/mol. The number of carbonyl (C=O) groups excluding carboxylic acids is 2. The number of piperidine rings is 1. The fourth-order valence-corrected chi connectivity index (χ4v) is 5.37. The van der Waals surface area contributed by atoms with Gasteiger partial charge in [-0.15, -0.1) is 0 Å². The van der Waals surface area contributed by atoms with Crippen LogP contribution in [-0.2, 0) is 0 Å². The highest BCUT2D eigenvalue weighted by Crippen LogP contribution is 2.31. The summed E-state index contributed by atoms with van der Waals surface area (Å²) in [5, 5.41) is 6.28. The van der Waals surface area contributed by atoms with Gasteiger partial charge in [0, 0.05) is 36.4 Å². The molecular weight excluding hydrogens is 484 g/mol. The van der Waals surface area contributed by atoms with Gasteiger partial charge in [0.25, 0.3) is 5.91 Å². The van der Waals surface area contributed by atoms with E-state index in [0.717, 1.165) is 30.0 Å². The van der Waals surface area contributed by atoms with Crippen LogP contribution in [0.5, 0.6) is 0 Å². The molecule has 0 spiro atoms. The summed E-state index contributed by atoms with van der Waals surface area (Å²) in [5.41, 5.74) is 6.32. The molecule has 1 saturated heterocycles. The van der Waals surface area contributed by atoms with Gasteiger partial charge in [-0.05, 0) is 63.1 Å². The normalized spacial score (nSPS) is 18.1. The maximum absolute atomic E-state index is 14.0. The molecule has 2 aromatic carbocycles. The van der Waals surface area contributed by atoms with Crippen molar-refractivity contribution in [3.63, 3.8) is 0 Å². The van der Waals surface area contributed by atoms with Crippen molar-refractivity contribution in [2.24, 2.45) is 0 Å². The molecule has 1 fully saturated rings. The minimum atomic E-state index is -0.962. The molecule has 1 aliphatic heterocycles. The van der Waals surface area contributed by atoms with Crippen LogP contribution in [-0.4, -0.2) is 46.7 Å². The number of aromatic nitrogens is 1. The standard InChI is InChI=1S/C26H29F2N5O2S/c1-15-5-3-6-16(2)33(15)14-13-30-25(35)17-9-11-18(12-10-17)31-26-32-24(29)23(36-26)22(34)21-19(27)7-4-8-20(21)28/h4,7-12,15-16H,3,5-6,13-14,29H2,1-2H3,(H,30,35)(H,31,32).